The fourth-order valence-corrected chi connectivity index (χ4v) is 4.25. The fraction of sp³-hybridized carbons (Fsp3) is 0.357. The molecule has 1 saturated heterocycles. The van der Waals surface area contributed by atoms with Crippen LogP contribution in [0.25, 0.3) is 10.9 Å². The standard InChI is InChI=1S/C14H15ClN2O3S/c1-16-6-5-11-12(16)3-2-4-13(11)17-8-10(7-14(17)18)9-21(15,19)20/h2-6,10H,7-9H2,1H3. The molecule has 1 fully saturated rings. The predicted octanol–water partition coefficient (Wildman–Crippen LogP) is 2.10. The van der Waals surface area contributed by atoms with Gasteiger partial charge in [-0.05, 0) is 18.2 Å². The Hall–Kier alpha value is -1.53. The first-order chi connectivity index (χ1) is 9.85. The van der Waals surface area contributed by atoms with Crippen molar-refractivity contribution in [3.63, 3.8) is 0 Å². The number of amides is 1. The molecular formula is C14H15ClN2O3S. The number of nitrogens with zero attached hydrogens (tertiary/aromatic N) is 2. The van der Waals surface area contributed by atoms with E-state index in [4.69, 9.17) is 10.7 Å². The average molecular weight is 327 g/mol. The van der Waals surface area contributed by atoms with Gasteiger partial charge in [-0.25, -0.2) is 8.42 Å². The van der Waals surface area contributed by atoms with Gasteiger partial charge in [-0.3, -0.25) is 4.79 Å². The third-order valence-corrected chi connectivity index (χ3v) is 5.08. The summed E-state index contributed by atoms with van der Waals surface area (Å²) in [6.45, 7) is 0.388. The van der Waals surface area contributed by atoms with Crippen molar-refractivity contribution in [1.82, 2.24) is 4.57 Å². The lowest BCUT2D eigenvalue weighted by atomic mass is 10.1. The molecule has 1 amide bonds. The van der Waals surface area contributed by atoms with E-state index in [2.05, 4.69) is 0 Å². The largest absolute Gasteiger partial charge is 0.350 e. The van der Waals surface area contributed by atoms with Gasteiger partial charge in [0, 0.05) is 53.7 Å². The Morgan fingerprint density at radius 3 is 2.81 bits per heavy atom. The second kappa shape index (κ2) is 5.03. The summed E-state index contributed by atoms with van der Waals surface area (Å²) in [6, 6.07) is 7.73. The van der Waals surface area contributed by atoms with Gasteiger partial charge in [-0.1, -0.05) is 6.07 Å². The summed E-state index contributed by atoms with van der Waals surface area (Å²) in [7, 11) is 3.65. The highest BCUT2D eigenvalue weighted by Gasteiger charge is 2.33. The number of hydrogen-bond donors (Lipinski definition) is 0. The van der Waals surface area contributed by atoms with Crippen LogP contribution in [0.1, 0.15) is 6.42 Å². The first-order valence-electron chi connectivity index (χ1n) is 6.62. The molecule has 0 aliphatic carbocycles. The summed E-state index contributed by atoms with van der Waals surface area (Å²) in [6.07, 6.45) is 2.16. The first kappa shape index (κ1) is 14.4. The number of anilines is 1. The molecule has 1 aromatic carbocycles. The number of benzene rings is 1. The van der Waals surface area contributed by atoms with E-state index in [1.54, 1.807) is 4.90 Å². The molecule has 0 N–H and O–H groups in total. The maximum Gasteiger partial charge on any atom is 0.232 e. The van der Waals surface area contributed by atoms with E-state index in [0.29, 0.717) is 6.54 Å². The molecule has 0 radical (unpaired) electrons. The van der Waals surface area contributed by atoms with Gasteiger partial charge < -0.3 is 9.47 Å². The van der Waals surface area contributed by atoms with Gasteiger partial charge in [0.05, 0.1) is 11.4 Å². The van der Waals surface area contributed by atoms with E-state index in [9.17, 15) is 13.2 Å². The minimum absolute atomic E-state index is 0.0586. The molecule has 2 aromatic rings. The fourth-order valence-electron chi connectivity index (χ4n) is 2.93. The van der Waals surface area contributed by atoms with Crippen molar-refractivity contribution in [1.29, 1.82) is 0 Å². The van der Waals surface area contributed by atoms with E-state index in [1.807, 2.05) is 42.1 Å². The number of aryl methyl sites for hydroxylation is 1. The molecule has 1 aliphatic rings. The lowest BCUT2D eigenvalue weighted by Crippen LogP contribution is -2.25. The second-order valence-electron chi connectivity index (χ2n) is 5.42. The molecule has 112 valence electrons. The Labute approximate surface area is 127 Å². The molecule has 1 aromatic heterocycles. The number of carbonyl (C=O) groups excluding carboxylic acids is 1. The zero-order chi connectivity index (χ0) is 15.2. The van der Waals surface area contributed by atoms with Crippen molar-refractivity contribution < 1.29 is 13.2 Å². The Balaban J connectivity index is 1.94. The van der Waals surface area contributed by atoms with Crippen LogP contribution in [0, 0.1) is 5.92 Å². The maximum atomic E-state index is 12.2. The Morgan fingerprint density at radius 2 is 2.10 bits per heavy atom. The number of fused-ring (bicyclic) bond motifs is 1. The molecule has 5 nitrogen and oxygen atoms in total. The van der Waals surface area contributed by atoms with Crippen molar-refractivity contribution in [2.45, 2.75) is 6.42 Å². The summed E-state index contributed by atoms with van der Waals surface area (Å²) >= 11 is 0. The highest BCUT2D eigenvalue weighted by Crippen LogP contribution is 2.32. The summed E-state index contributed by atoms with van der Waals surface area (Å²) in [5.74, 6) is -0.475. The van der Waals surface area contributed by atoms with Crippen molar-refractivity contribution in [2.24, 2.45) is 13.0 Å². The topological polar surface area (TPSA) is 59.4 Å². The minimum atomic E-state index is -3.59. The number of halogens is 1. The van der Waals surface area contributed by atoms with Crippen LogP contribution < -0.4 is 4.90 Å². The Kier molecular flexibility index (Phi) is 3.45. The lowest BCUT2D eigenvalue weighted by molar-refractivity contribution is -0.117. The average Bonchev–Trinajstić information content (AvgIpc) is 2.91. The Bertz CT molecular complexity index is 813. The lowest BCUT2D eigenvalue weighted by Gasteiger charge is -2.18. The van der Waals surface area contributed by atoms with Crippen LogP contribution in [0.3, 0.4) is 0 Å². The molecule has 21 heavy (non-hydrogen) atoms. The molecular weight excluding hydrogens is 312 g/mol. The molecule has 0 saturated carbocycles. The van der Waals surface area contributed by atoms with Crippen LogP contribution in [0.5, 0.6) is 0 Å². The number of carbonyl (C=O) groups is 1. The third kappa shape index (κ3) is 2.78. The van der Waals surface area contributed by atoms with Gasteiger partial charge in [-0.15, -0.1) is 0 Å². The third-order valence-electron chi connectivity index (χ3n) is 3.84. The van der Waals surface area contributed by atoms with Gasteiger partial charge in [0.25, 0.3) is 0 Å². The molecule has 1 unspecified atom stereocenters. The number of aromatic nitrogens is 1. The van der Waals surface area contributed by atoms with E-state index >= 15 is 0 Å². The molecule has 0 bridgehead atoms. The van der Waals surface area contributed by atoms with Crippen molar-refractivity contribution in [3.8, 4) is 0 Å². The summed E-state index contributed by atoms with van der Waals surface area (Å²) in [4.78, 5) is 13.9. The molecule has 2 heterocycles. The van der Waals surface area contributed by atoms with E-state index in [0.717, 1.165) is 16.6 Å². The minimum Gasteiger partial charge on any atom is -0.350 e. The van der Waals surface area contributed by atoms with Crippen LogP contribution in [0.4, 0.5) is 5.69 Å². The maximum absolute atomic E-state index is 12.2. The van der Waals surface area contributed by atoms with E-state index < -0.39 is 9.05 Å². The number of hydrogen-bond acceptors (Lipinski definition) is 3. The quantitative estimate of drug-likeness (QED) is 0.812. The van der Waals surface area contributed by atoms with Gasteiger partial charge in [0.2, 0.25) is 15.0 Å². The summed E-state index contributed by atoms with van der Waals surface area (Å²) < 4.78 is 24.4. The second-order valence-corrected chi connectivity index (χ2v) is 8.24. The smallest absolute Gasteiger partial charge is 0.232 e. The van der Waals surface area contributed by atoms with Crippen LogP contribution in [-0.2, 0) is 20.9 Å². The first-order valence-corrected chi connectivity index (χ1v) is 9.10. The highest BCUT2D eigenvalue weighted by atomic mass is 35.7. The van der Waals surface area contributed by atoms with Crippen LogP contribution in [0.15, 0.2) is 30.5 Å². The van der Waals surface area contributed by atoms with Gasteiger partial charge in [0.15, 0.2) is 0 Å². The zero-order valence-corrected chi connectivity index (χ0v) is 13.1. The summed E-state index contributed by atoms with van der Waals surface area (Å²) in [5.41, 5.74) is 1.86. The monoisotopic (exact) mass is 326 g/mol. The number of rotatable bonds is 3. The molecule has 1 aliphatic heterocycles. The van der Waals surface area contributed by atoms with Gasteiger partial charge in [-0.2, -0.15) is 0 Å². The summed E-state index contributed by atoms with van der Waals surface area (Å²) in [5, 5.41) is 0.989. The van der Waals surface area contributed by atoms with Crippen LogP contribution in [-0.4, -0.2) is 31.2 Å². The zero-order valence-electron chi connectivity index (χ0n) is 11.5. The van der Waals surface area contributed by atoms with E-state index in [-0.39, 0.29) is 24.0 Å². The van der Waals surface area contributed by atoms with Crippen LogP contribution >= 0.6 is 10.7 Å². The van der Waals surface area contributed by atoms with Crippen molar-refractivity contribution >= 4 is 42.2 Å². The molecule has 0 spiro atoms. The highest BCUT2D eigenvalue weighted by molar-refractivity contribution is 8.13. The molecule has 7 heteroatoms. The van der Waals surface area contributed by atoms with Crippen molar-refractivity contribution in [3.05, 3.63) is 30.5 Å². The van der Waals surface area contributed by atoms with Crippen molar-refractivity contribution in [2.75, 3.05) is 17.2 Å². The predicted molar refractivity (Wildman–Crippen MR) is 83.0 cm³/mol. The van der Waals surface area contributed by atoms with Gasteiger partial charge >= 0.3 is 0 Å². The van der Waals surface area contributed by atoms with Crippen LogP contribution in [0.2, 0.25) is 0 Å². The van der Waals surface area contributed by atoms with E-state index in [1.165, 1.54) is 0 Å². The molecule has 3 rings (SSSR count). The molecule has 1 atom stereocenters. The van der Waals surface area contributed by atoms with Gasteiger partial charge in [0.1, 0.15) is 0 Å². The SMILES string of the molecule is Cn1ccc2c(N3CC(CS(=O)(=O)Cl)CC3=O)cccc21. The normalized spacial score (nSPS) is 19.6. The Morgan fingerprint density at radius 1 is 1.33 bits per heavy atom.